The minimum absolute atomic E-state index is 0.0246. The molecule has 1 fully saturated rings. The van der Waals surface area contributed by atoms with E-state index in [-0.39, 0.29) is 18.4 Å². The third-order valence-electron chi connectivity index (χ3n) is 6.70. The number of anilines is 1. The Labute approximate surface area is 206 Å². The van der Waals surface area contributed by atoms with Crippen LogP contribution in [0.4, 0.5) is 5.69 Å². The molecule has 6 nitrogen and oxygen atoms in total. The average Bonchev–Trinajstić information content (AvgIpc) is 3.68. The van der Waals surface area contributed by atoms with Crippen LogP contribution in [0.2, 0.25) is 0 Å². The molecule has 0 bridgehead atoms. The minimum atomic E-state index is -0.467. The van der Waals surface area contributed by atoms with E-state index >= 15 is 0 Å². The SMILES string of the molecule is COCC(=O)N(C)Cc1ccc(-c2cc(NC(=O)C3(c4ccc(OC)cc4)CC3)ccc2C)cc1. The van der Waals surface area contributed by atoms with Gasteiger partial charge < -0.3 is 19.7 Å². The van der Waals surface area contributed by atoms with Gasteiger partial charge in [0.2, 0.25) is 11.8 Å². The number of aryl methyl sites for hydroxylation is 1. The lowest BCUT2D eigenvalue weighted by Gasteiger charge is -2.18. The second-order valence-electron chi connectivity index (χ2n) is 9.17. The molecule has 3 aromatic carbocycles. The van der Waals surface area contributed by atoms with Crippen molar-refractivity contribution in [3.05, 3.63) is 83.4 Å². The van der Waals surface area contributed by atoms with E-state index in [0.717, 1.165) is 52.1 Å². The molecule has 4 rings (SSSR count). The van der Waals surface area contributed by atoms with Crippen LogP contribution in [0, 0.1) is 6.92 Å². The van der Waals surface area contributed by atoms with Crippen molar-refractivity contribution in [2.45, 2.75) is 31.7 Å². The molecule has 0 unspecified atom stereocenters. The number of ether oxygens (including phenoxy) is 2. The van der Waals surface area contributed by atoms with Crippen LogP contribution in [0.5, 0.6) is 5.75 Å². The lowest BCUT2D eigenvalue weighted by atomic mass is 9.94. The maximum absolute atomic E-state index is 13.2. The second-order valence-corrected chi connectivity index (χ2v) is 9.17. The zero-order valence-electron chi connectivity index (χ0n) is 20.8. The fraction of sp³-hybridized carbons (Fsp3) is 0.310. The lowest BCUT2D eigenvalue weighted by molar-refractivity contribution is -0.134. The maximum Gasteiger partial charge on any atom is 0.248 e. The molecule has 0 heterocycles. The Balaban J connectivity index is 1.48. The van der Waals surface area contributed by atoms with Crippen molar-refractivity contribution in [2.24, 2.45) is 0 Å². The Hall–Kier alpha value is -3.64. The number of nitrogens with zero attached hydrogens (tertiary/aromatic N) is 1. The summed E-state index contributed by atoms with van der Waals surface area (Å²) in [6.07, 6.45) is 1.68. The number of nitrogens with one attached hydrogen (secondary N) is 1. The number of rotatable bonds is 9. The van der Waals surface area contributed by atoms with Gasteiger partial charge >= 0.3 is 0 Å². The third-order valence-corrected chi connectivity index (χ3v) is 6.70. The molecule has 0 aliphatic heterocycles. The summed E-state index contributed by atoms with van der Waals surface area (Å²) in [5, 5.41) is 3.14. The summed E-state index contributed by atoms with van der Waals surface area (Å²) in [4.78, 5) is 26.9. The van der Waals surface area contributed by atoms with Gasteiger partial charge in [-0.15, -0.1) is 0 Å². The monoisotopic (exact) mass is 472 g/mol. The van der Waals surface area contributed by atoms with Crippen molar-refractivity contribution in [3.63, 3.8) is 0 Å². The normalized spacial score (nSPS) is 13.7. The smallest absolute Gasteiger partial charge is 0.248 e. The summed E-state index contributed by atoms with van der Waals surface area (Å²) in [7, 11) is 4.92. The van der Waals surface area contributed by atoms with E-state index in [9.17, 15) is 9.59 Å². The van der Waals surface area contributed by atoms with Crippen molar-refractivity contribution < 1.29 is 19.1 Å². The maximum atomic E-state index is 13.2. The van der Waals surface area contributed by atoms with Gasteiger partial charge in [-0.1, -0.05) is 42.5 Å². The minimum Gasteiger partial charge on any atom is -0.497 e. The number of amides is 2. The molecular weight excluding hydrogens is 440 g/mol. The van der Waals surface area contributed by atoms with Crippen molar-refractivity contribution in [2.75, 3.05) is 33.2 Å². The Kier molecular flexibility index (Phi) is 7.22. The highest BCUT2D eigenvalue weighted by Crippen LogP contribution is 2.49. The first-order valence-electron chi connectivity index (χ1n) is 11.7. The summed E-state index contributed by atoms with van der Waals surface area (Å²) in [5.74, 6) is 0.753. The molecule has 3 aromatic rings. The molecule has 1 saturated carbocycles. The van der Waals surface area contributed by atoms with Crippen LogP contribution in [0.15, 0.2) is 66.7 Å². The van der Waals surface area contributed by atoms with Crippen molar-refractivity contribution in [1.82, 2.24) is 4.90 Å². The molecular formula is C29H32N2O4. The van der Waals surface area contributed by atoms with Crippen LogP contribution in [0.1, 0.15) is 29.5 Å². The number of hydrogen-bond donors (Lipinski definition) is 1. The molecule has 35 heavy (non-hydrogen) atoms. The highest BCUT2D eigenvalue weighted by atomic mass is 16.5. The molecule has 0 aromatic heterocycles. The number of likely N-dealkylation sites (N-methyl/N-ethyl adjacent to an activating group) is 1. The van der Waals surface area contributed by atoms with Crippen molar-refractivity contribution in [1.29, 1.82) is 0 Å². The molecule has 1 N–H and O–H groups in total. The number of carbonyl (C=O) groups is 2. The zero-order chi connectivity index (χ0) is 25.0. The number of methoxy groups -OCH3 is 2. The van der Waals surface area contributed by atoms with Gasteiger partial charge in [0.15, 0.2) is 0 Å². The van der Waals surface area contributed by atoms with Crippen LogP contribution < -0.4 is 10.1 Å². The molecule has 0 saturated heterocycles. The van der Waals surface area contributed by atoms with Gasteiger partial charge in [-0.25, -0.2) is 0 Å². The predicted molar refractivity (Wildman–Crippen MR) is 138 cm³/mol. The summed E-state index contributed by atoms with van der Waals surface area (Å²) in [5.41, 5.74) is 5.62. The van der Waals surface area contributed by atoms with Gasteiger partial charge in [0.25, 0.3) is 0 Å². The van der Waals surface area contributed by atoms with Crippen LogP contribution in [0.25, 0.3) is 11.1 Å². The quantitative estimate of drug-likeness (QED) is 0.479. The molecule has 1 aliphatic carbocycles. The van der Waals surface area contributed by atoms with Crippen LogP contribution >= 0.6 is 0 Å². The summed E-state index contributed by atoms with van der Waals surface area (Å²) in [6, 6.07) is 21.9. The first-order valence-corrected chi connectivity index (χ1v) is 11.7. The van der Waals surface area contributed by atoms with Gasteiger partial charge in [-0.2, -0.15) is 0 Å². The summed E-state index contributed by atoms with van der Waals surface area (Å²) >= 11 is 0. The van der Waals surface area contributed by atoms with Crippen molar-refractivity contribution >= 4 is 17.5 Å². The Morgan fingerprint density at radius 1 is 0.971 bits per heavy atom. The Morgan fingerprint density at radius 3 is 2.26 bits per heavy atom. The Bertz CT molecular complexity index is 1200. The summed E-state index contributed by atoms with van der Waals surface area (Å²) < 4.78 is 10.2. The van der Waals surface area contributed by atoms with E-state index in [1.807, 2.05) is 54.6 Å². The van der Waals surface area contributed by atoms with E-state index in [1.165, 1.54) is 7.11 Å². The van der Waals surface area contributed by atoms with Crippen LogP contribution in [-0.4, -0.2) is 44.6 Å². The van der Waals surface area contributed by atoms with Crippen molar-refractivity contribution in [3.8, 4) is 16.9 Å². The van der Waals surface area contributed by atoms with Gasteiger partial charge in [-0.3, -0.25) is 9.59 Å². The number of carbonyl (C=O) groups excluding carboxylic acids is 2. The van der Waals surface area contributed by atoms with Gasteiger partial charge in [0, 0.05) is 26.4 Å². The first-order chi connectivity index (χ1) is 16.9. The highest BCUT2D eigenvalue weighted by Gasteiger charge is 2.51. The predicted octanol–water partition coefficient (Wildman–Crippen LogP) is 4.95. The molecule has 0 radical (unpaired) electrons. The van der Waals surface area contributed by atoms with Gasteiger partial charge in [0.1, 0.15) is 12.4 Å². The molecule has 0 atom stereocenters. The molecule has 6 heteroatoms. The van der Waals surface area contributed by atoms with Gasteiger partial charge in [-0.05, 0) is 71.8 Å². The van der Waals surface area contributed by atoms with E-state index in [2.05, 4.69) is 24.4 Å². The molecule has 182 valence electrons. The first kappa shape index (κ1) is 24.5. The number of benzene rings is 3. The largest absolute Gasteiger partial charge is 0.497 e. The topological polar surface area (TPSA) is 67.9 Å². The van der Waals surface area contributed by atoms with E-state index in [0.29, 0.717) is 6.54 Å². The van der Waals surface area contributed by atoms with E-state index < -0.39 is 5.41 Å². The van der Waals surface area contributed by atoms with Gasteiger partial charge in [0.05, 0.1) is 12.5 Å². The fourth-order valence-electron chi connectivity index (χ4n) is 4.33. The molecule has 2 amide bonds. The summed E-state index contributed by atoms with van der Waals surface area (Å²) in [6.45, 7) is 2.66. The molecule has 0 spiro atoms. The third kappa shape index (κ3) is 5.38. The highest BCUT2D eigenvalue weighted by molar-refractivity contribution is 6.01. The Morgan fingerprint density at radius 2 is 1.66 bits per heavy atom. The standard InChI is InChI=1S/C29H32N2O4/c1-20-5-12-24(30-28(33)29(15-16-29)23-10-13-25(35-4)14-11-23)17-26(20)22-8-6-21(7-9-22)18-31(2)27(32)19-34-3/h5-14,17H,15-16,18-19H2,1-4H3,(H,30,33). The van der Waals surface area contributed by atoms with E-state index in [4.69, 9.17) is 9.47 Å². The van der Waals surface area contributed by atoms with Crippen LogP contribution in [-0.2, 0) is 26.3 Å². The number of hydrogen-bond acceptors (Lipinski definition) is 4. The molecule has 1 aliphatic rings. The average molecular weight is 473 g/mol. The van der Waals surface area contributed by atoms with E-state index in [1.54, 1.807) is 19.1 Å². The fourth-order valence-corrected chi connectivity index (χ4v) is 4.33. The zero-order valence-corrected chi connectivity index (χ0v) is 20.8. The second kappa shape index (κ2) is 10.3. The van der Waals surface area contributed by atoms with Crippen LogP contribution in [0.3, 0.4) is 0 Å². The lowest BCUT2D eigenvalue weighted by Crippen LogP contribution is -2.29.